The smallest absolute Gasteiger partial charge is 0.229 e. The number of hydrogen-bond donors (Lipinski definition) is 2. The first kappa shape index (κ1) is 17.8. The third kappa shape index (κ3) is 3.64. The zero-order valence-corrected chi connectivity index (χ0v) is 14.9. The molecule has 6 heteroatoms. The lowest BCUT2D eigenvalue weighted by Gasteiger charge is -2.25. The first-order valence-corrected chi connectivity index (χ1v) is 8.58. The molecule has 0 spiro atoms. The van der Waals surface area contributed by atoms with Crippen LogP contribution in [0, 0.1) is 5.92 Å². The van der Waals surface area contributed by atoms with Crippen LogP contribution in [-0.2, 0) is 9.59 Å². The van der Waals surface area contributed by atoms with E-state index in [2.05, 4.69) is 5.32 Å². The summed E-state index contributed by atoms with van der Waals surface area (Å²) < 4.78 is 5.11. The minimum absolute atomic E-state index is 0.00394. The topological polar surface area (TPSA) is 84.7 Å². The number of nitrogens with two attached hydrogens (primary N) is 1. The molecule has 1 heterocycles. The van der Waals surface area contributed by atoms with Crippen molar-refractivity contribution in [2.24, 2.45) is 5.92 Å². The maximum absolute atomic E-state index is 12.6. The molecule has 1 aliphatic heterocycles. The molecule has 2 unspecified atom stereocenters. The molecule has 2 atom stereocenters. The number of anilines is 2. The van der Waals surface area contributed by atoms with Crippen molar-refractivity contribution in [3.8, 4) is 5.75 Å². The van der Waals surface area contributed by atoms with Crippen LogP contribution < -0.4 is 15.8 Å². The molecule has 0 radical (unpaired) electrons. The molecular formula is C20H23N3O3. The van der Waals surface area contributed by atoms with Crippen LogP contribution in [0.3, 0.4) is 0 Å². The summed E-state index contributed by atoms with van der Waals surface area (Å²) in [7, 11) is 1.54. The zero-order chi connectivity index (χ0) is 18.7. The molecule has 3 N–H and O–H groups in total. The Hall–Kier alpha value is -3.02. The summed E-state index contributed by atoms with van der Waals surface area (Å²) in [5.74, 6) is 0.000295. The van der Waals surface area contributed by atoms with E-state index < -0.39 is 0 Å². The number of benzene rings is 2. The number of nitrogens with zero attached hydrogens (tertiary/aromatic N) is 1. The predicted octanol–water partition coefficient (Wildman–Crippen LogP) is 2.83. The fraction of sp³-hybridized carbons (Fsp3) is 0.300. The average molecular weight is 353 g/mol. The summed E-state index contributed by atoms with van der Waals surface area (Å²) >= 11 is 0. The van der Waals surface area contributed by atoms with E-state index in [4.69, 9.17) is 10.5 Å². The van der Waals surface area contributed by atoms with Gasteiger partial charge >= 0.3 is 0 Å². The van der Waals surface area contributed by atoms with Crippen LogP contribution in [-0.4, -0.2) is 30.4 Å². The largest absolute Gasteiger partial charge is 0.495 e. The third-order valence-corrected chi connectivity index (χ3v) is 4.78. The normalized spacial score (nSPS) is 17.8. The Morgan fingerprint density at radius 2 is 2.00 bits per heavy atom. The highest BCUT2D eigenvalue weighted by molar-refractivity contribution is 5.97. The van der Waals surface area contributed by atoms with E-state index in [0.29, 0.717) is 23.7 Å². The molecule has 2 amide bonds. The van der Waals surface area contributed by atoms with Gasteiger partial charge in [0.15, 0.2) is 0 Å². The van der Waals surface area contributed by atoms with Crippen molar-refractivity contribution in [1.29, 1.82) is 0 Å². The number of carbonyl (C=O) groups is 2. The maximum atomic E-state index is 12.6. The molecule has 0 aliphatic carbocycles. The van der Waals surface area contributed by atoms with Gasteiger partial charge < -0.3 is 20.7 Å². The van der Waals surface area contributed by atoms with Gasteiger partial charge in [0.2, 0.25) is 11.8 Å². The first-order valence-electron chi connectivity index (χ1n) is 8.58. The number of methoxy groups -OCH3 is 1. The van der Waals surface area contributed by atoms with Gasteiger partial charge in [-0.2, -0.15) is 0 Å². The van der Waals surface area contributed by atoms with E-state index in [0.717, 1.165) is 5.56 Å². The van der Waals surface area contributed by atoms with Gasteiger partial charge in [0.05, 0.1) is 24.8 Å². The van der Waals surface area contributed by atoms with Crippen LogP contribution in [0.15, 0.2) is 48.5 Å². The summed E-state index contributed by atoms with van der Waals surface area (Å²) in [5.41, 5.74) is 7.97. The lowest BCUT2D eigenvalue weighted by molar-refractivity contribution is -0.129. The second kappa shape index (κ2) is 7.47. The lowest BCUT2D eigenvalue weighted by Crippen LogP contribution is -2.30. The number of carbonyl (C=O) groups excluding carboxylic acids is 2. The standard InChI is InChI=1S/C20H23N3O3/c1-13(14-6-4-3-5-7-14)23-12-15(10-19(23)24)20(25)22-16-8-9-18(26-2)17(21)11-16/h3-9,11,13,15H,10,12,21H2,1-2H3,(H,22,25). The third-order valence-electron chi connectivity index (χ3n) is 4.78. The van der Waals surface area contributed by atoms with Crippen molar-refractivity contribution in [1.82, 2.24) is 4.90 Å². The molecule has 3 rings (SSSR count). The summed E-state index contributed by atoms with van der Waals surface area (Å²) in [6.07, 6.45) is 0.217. The number of rotatable bonds is 5. The maximum Gasteiger partial charge on any atom is 0.229 e. The highest BCUT2D eigenvalue weighted by Gasteiger charge is 2.37. The molecule has 1 fully saturated rings. The van der Waals surface area contributed by atoms with Gasteiger partial charge in [-0.25, -0.2) is 0 Å². The Bertz CT molecular complexity index is 807. The van der Waals surface area contributed by atoms with Crippen LogP contribution in [0.4, 0.5) is 11.4 Å². The minimum Gasteiger partial charge on any atom is -0.495 e. The van der Waals surface area contributed by atoms with E-state index in [1.165, 1.54) is 7.11 Å². The molecule has 2 aromatic carbocycles. The summed E-state index contributed by atoms with van der Waals surface area (Å²) in [6.45, 7) is 2.39. The molecule has 2 aromatic rings. The fourth-order valence-electron chi connectivity index (χ4n) is 3.25. The van der Waals surface area contributed by atoms with Crippen LogP contribution in [0.1, 0.15) is 24.9 Å². The van der Waals surface area contributed by atoms with E-state index in [1.54, 1.807) is 23.1 Å². The number of amides is 2. The summed E-state index contributed by atoms with van der Waals surface area (Å²) in [4.78, 5) is 26.7. The van der Waals surface area contributed by atoms with Crippen LogP contribution in [0.5, 0.6) is 5.75 Å². The Kier molecular flexibility index (Phi) is 5.11. The van der Waals surface area contributed by atoms with Crippen molar-refractivity contribution in [2.75, 3.05) is 24.7 Å². The number of ether oxygens (including phenoxy) is 1. The van der Waals surface area contributed by atoms with E-state index in [-0.39, 0.29) is 30.2 Å². The highest BCUT2D eigenvalue weighted by Crippen LogP contribution is 2.30. The quantitative estimate of drug-likeness (QED) is 0.810. The van der Waals surface area contributed by atoms with E-state index >= 15 is 0 Å². The molecule has 6 nitrogen and oxygen atoms in total. The van der Waals surface area contributed by atoms with Crippen molar-refractivity contribution in [2.45, 2.75) is 19.4 Å². The van der Waals surface area contributed by atoms with Gasteiger partial charge in [-0.3, -0.25) is 9.59 Å². The van der Waals surface area contributed by atoms with Gasteiger partial charge in [0.25, 0.3) is 0 Å². The number of nitrogen functional groups attached to an aromatic ring is 1. The zero-order valence-electron chi connectivity index (χ0n) is 14.9. The van der Waals surface area contributed by atoms with Gasteiger partial charge in [0, 0.05) is 18.7 Å². The Labute approximate surface area is 152 Å². The predicted molar refractivity (Wildman–Crippen MR) is 101 cm³/mol. The fourth-order valence-corrected chi connectivity index (χ4v) is 3.25. The monoisotopic (exact) mass is 353 g/mol. The van der Waals surface area contributed by atoms with Gasteiger partial charge in [-0.05, 0) is 30.7 Å². The second-order valence-corrected chi connectivity index (χ2v) is 6.48. The molecular weight excluding hydrogens is 330 g/mol. The van der Waals surface area contributed by atoms with Crippen molar-refractivity contribution in [3.63, 3.8) is 0 Å². The van der Waals surface area contributed by atoms with Crippen molar-refractivity contribution in [3.05, 3.63) is 54.1 Å². The molecule has 1 aliphatic rings. The molecule has 0 aromatic heterocycles. The number of likely N-dealkylation sites (tertiary alicyclic amines) is 1. The second-order valence-electron chi connectivity index (χ2n) is 6.48. The Morgan fingerprint density at radius 3 is 2.65 bits per heavy atom. The van der Waals surface area contributed by atoms with Gasteiger partial charge in [-0.15, -0.1) is 0 Å². The molecule has 0 bridgehead atoms. The van der Waals surface area contributed by atoms with Crippen LogP contribution in [0.2, 0.25) is 0 Å². The SMILES string of the molecule is COc1ccc(NC(=O)C2CC(=O)N(C(C)c3ccccc3)C2)cc1N. The lowest BCUT2D eigenvalue weighted by atomic mass is 10.1. The molecule has 26 heavy (non-hydrogen) atoms. The summed E-state index contributed by atoms with van der Waals surface area (Å²) in [5, 5.41) is 2.84. The molecule has 136 valence electrons. The first-order chi connectivity index (χ1) is 12.5. The van der Waals surface area contributed by atoms with E-state index in [1.807, 2.05) is 37.3 Å². The van der Waals surface area contributed by atoms with Crippen molar-refractivity contribution >= 4 is 23.2 Å². The van der Waals surface area contributed by atoms with Crippen LogP contribution in [0.25, 0.3) is 0 Å². The number of nitrogens with one attached hydrogen (secondary N) is 1. The minimum atomic E-state index is -0.378. The summed E-state index contributed by atoms with van der Waals surface area (Å²) in [6, 6.07) is 14.9. The van der Waals surface area contributed by atoms with Crippen molar-refractivity contribution < 1.29 is 14.3 Å². The van der Waals surface area contributed by atoms with Crippen LogP contribution >= 0.6 is 0 Å². The molecule has 0 saturated carbocycles. The van der Waals surface area contributed by atoms with Gasteiger partial charge in [-0.1, -0.05) is 30.3 Å². The number of hydrogen-bond acceptors (Lipinski definition) is 4. The van der Waals surface area contributed by atoms with Gasteiger partial charge in [0.1, 0.15) is 5.75 Å². The Morgan fingerprint density at radius 1 is 1.27 bits per heavy atom. The average Bonchev–Trinajstić information content (AvgIpc) is 3.04. The van der Waals surface area contributed by atoms with E-state index in [9.17, 15) is 9.59 Å². The Balaban J connectivity index is 1.66. The molecule has 1 saturated heterocycles. The highest BCUT2D eigenvalue weighted by atomic mass is 16.5.